The molecule has 0 saturated carbocycles. The van der Waals surface area contributed by atoms with E-state index in [1.54, 1.807) is 0 Å². The molecule has 6 rings (SSSR count). The van der Waals surface area contributed by atoms with E-state index in [9.17, 15) is 0 Å². The molecule has 0 amide bonds. The van der Waals surface area contributed by atoms with Crippen molar-refractivity contribution in [1.29, 1.82) is 0 Å². The zero-order valence-corrected chi connectivity index (χ0v) is 26.3. The summed E-state index contributed by atoms with van der Waals surface area (Å²) in [6.07, 6.45) is 0.950. The first-order valence-corrected chi connectivity index (χ1v) is 19.2. The molecule has 0 aliphatic heterocycles. The van der Waals surface area contributed by atoms with Gasteiger partial charge in [0.05, 0.1) is 0 Å². The van der Waals surface area contributed by atoms with Crippen LogP contribution in [0.3, 0.4) is 0 Å². The summed E-state index contributed by atoms with van der Waals surface area (Å²) in [6, 6.07) is 66.0. The third-order valence-corrected chi connectivity index (χ3v) is 16.4. The second-order valence-corrected chi connectivity index (χ2v) is 17.8. The number of hydrogen-bond donors (Lipinski definition) is 0. The van der Waals surface area contributed by atoms with Crippen LogP contribution >= 0.6 is 0 Å². The fraction of sp³-hybridized carbons (Fsp3) is 0.0769. The van der Waals surface area contributed by atoms with Gasteiger partial charge in [0.15, 0.2) is 0 Å². The Morgan fingerprint density at radius 3 is 0.791 bits per heavy atom. The van der Waals surface area contributed by atoms with Gasteiger partial charge >= 0.3 is 16.6 Å². The van der Waals surface area contributed by atoms with Gasteiger partial charge in [-0.2, -0.15) is 0 Å². The molecule has 4 heteroatoms. The van der Waals surface area contributed by atoms with E-state index in [1.165, 1.54) is 20.7 Å². The summed E-state index contributed by atoms with van der Waals surface area (Å²) in [4.78, 5) is 0. The van der Waals surface area contributed by atoms with Gasteiger partial charge in [0.25, 0.3) is 0 Å². The minimum absolute atomic E-state index is 0.914. The van der Waals surface area contributed by atoms with Crippen LogP contribution in [0.25, 0.3) is 0 Å². The van der Waals surface area contributed by atoms with Crippen LogP contribution < -0.4 is 29.6 Å². The van der Waals surface area contributed by atoms with Gasteiger partial charge in [-0.25, -0.2) is 0 Å². The summed E-state index contributed by atoms with van der Waals surface area (Å²) in [5.74, 6) is 1.83. The lowest BCUT2D eigenvalue weighted by molar-refractivity contribution is 0.548. The number of para-hydroxylation sites is 2. The maximum Gasteiger partial charge on any atom is 0.314 e. The molecule has 0 saturated heterocycles. The first-order valence-electron chi connectivity index (χ1n) is 15.0. The lowest BCUT2D eigenvalue weighted by Crippen LogP contribution is -2.65. The van der Waals surface area contributed by atoms with Crippen LogP contribution in [0.4, 0.5) is 0 Å². The van der Waals surface area contributed by atoms with Gasteiger partial charge in [-0.05, 0) is 57.1 Å². The molecule has 2 nitrogen and oxygen atoms in total. The molecule has 0 radical (unpaired) electrons. The van der Waals surface area contributed by atoms with Crippen molar-refractivity contribution in [2.24, 2.45) is 0 Å². The average molecular weight is 593 g/mol. The maximum absolute atomic E-state index is 7.23. The van der Waals surface area contributed by atoms with E-state index >= 15 is 0 Å². The van der Waals surface area contributed by atoms with Crippen LogP contribution in [0.1, 0.15) is 6.42 Å². The molecule has 0 aromatic heterocycles. The van der Waals surface area contributed by atoms with E-state index in [2.05, 4.69) is 170 Å². The molecule has 6 aromatic rings. The van der Waals surface area contributed by atoms with Crippen molar-refractivity contribution in [2.75, 3.05) is 0 Å². The zero-order chi connectivity index (χ0) is 29.2. The van der Waals surface area contributed by atoms with Crippen LogP contribution in [0, 0.1) is 0 Å². The Morgan fingerprint density at radius 2 is 0.535 bits per heavy atom. The van der Waals surface area contributed by atoms with Crippen molar-refractivity contribution in [3.8, 4) is 11.5 Å². The van der Waals surface area contributed by atoms with E-state index in [4.69, 9.17) is 8.85 Å². The fourth-order valence-electron chi connectivity index (χ4n) is 6.04. The highest BCUT2D eigenvalue weighted by molar-refractivity contribution is 6.99. The van der Waals surface area contributed by atoms with Crippen LogP contribution in [0.5, 0.6) is 11.5 Å². The van der Waals surface area contributed by atoms with Crippen molar-refractivity contribution in [2.45, 2.75) is 18.5 Å². The van der Waals surface area contributed by atoms with E-state index < -0.39 is 16.6 Å². The first-order chi connectivity index (χ1) is 21.3. The molecular formula is C39H36O2Si2. The maximum atomic E-state index is 7.23. The third kappa shape index (κ3) is 6.41. The summed E-state index contributed by atoms with van der Waals surface area (Å²) < 4.78 is 14.5. The van der Waals surface area contributed by atoms with E-state index in [0.29, 0.717) is 0 Å². The topological polar surface area (TPSA) is 18.5 Å². The largest absolute Gasteiger partial charge is 0.535 e. The first kappa shape index (κ1) is 28.5. The van der Waals surface area contributed by atoms with Gasteiger partial charge in [-0.1, -0.05) is 164 Å². The van der Waals surface area contributed by atoms with Crippen molar-refractivity contribution in [1.82, 2.24) is 0 Å². The molecular weight excluding hydrogens is 557 g/mol. The van der Waals surface area contributed by atoms with Gasteiger partial charge in [0, 0.05) is 0 Å². The molecule has 43 heavy (non-hydrogen) atoms. The Balaban J connectivity index is 1.45. The van der Waals surface area contributed by atoms with Crippen molar-refractivity contribution in [3.63, 3.8) is 0 Å². The van der Waals surface area contributed by atoms with Crippen LogP contribution in [0.15, 0.2) is 182 Å². The standard InChI is InChI=1S/C39H36O2Si2/c1-7-20-34(21-8-1)40-42(36-24-11-3-12-25-36,37-26-13-4-14-27-37)32-19-33-43(38-28-15-5-16-29-38,39-30-17-6-18-31-39)41-35-22-9-2-10-23-35/h1-18,20-31H,19,32-33H2. The van der Waals surface area contributed by atoms with Crippen molar-refractivity contribution < 1.29 is 8.85 Å². The normalized spacial score (nSPS) is 11.5. The molecule has 0 atom stereocenters. The Morgan fingerprint density at radius 1 is 0.302 bits per heavy atom. The van der Waals surface area contributed by atoms with Crippen LogP contribution in [-0.2, 0) is 0 Å². The fourth-order valence-corrected chi connectivity index (χ4v) is 14.2. The van der Waals surface area contributed by atoms with Crippen LogP contribution in [-0.4, -0.2) is 16.6 Å². The highest BCUT2D eigenvalue weighted by Gasteiger charge is 2.45. The molecule has 212 valence electrons. The molecule has 0 aliphatic rings. The Labute approximate surface area is 257 Å². The minimum Gasteiger partial charge on any atom is -0.535 e. The molecule has 0 heterocycles. The van der Waals surface area contributed by atoms with E-state index in [1.807, 2.05) is 12.1 Å². The Bertz CT molecular complexity index is 1460. The Kier molecular flexibility index (Phi) is 8.97. The van der Waals surface area contributed by atoms with Gasteiger partial charge < -0.3 is 8.85 Å². The molecule has 0 unspecified atom stereocenters. The third-order valence-electron chi connectivity index (χ3n) is 8.09. The molecule has 0 aliphatic carbocycles. The minimum atomic E-state index is -2.72. The van der Waals surface area contributed by atoms with E-state index in [-0.39, 0.29) is 0 Å². The monoisotopic (exact) mass is 592 g/mol. The lowest BCUT2D eigenvalue weighted by atomic mass is 10.3. The summed E-state index contributed by atoms with van der Waals surface area (Å²) in [5.41, 5.74) is 0. The SMILES string of the molecule is c1ccc(O[Si](CCC[Si](Oc2ccccc2)(c2ccccc2)c2ccccc2)(c2ccccc2)c2ccccc2)cc1. The second-order valence-electron chi connectivity index (χ2n) is 10.8. The number of benzene rings is 6. The van der Waals surface area contributed by atoms with Crippen molar-refractivity contribution in [3.05, 3.63) is 182 Å². The molecule has 0 bridgehead atoms. The predicted octanol–water partition coefficient (Wildman–Crippen LogP) is 7.05. The van der Waals surface area contributed by atoms with E-state index in [0.717, 1.165) is 30.0 Å². The summed E-state index contributed by atoms with van der Waals surface area (Å²) in [6.45, 7) is 0. The molecule has 0 fully saturated rings. The lowest BCUT2D eigenvalue weighted by Gasteiger charge is -2.36. The van der Waals surface area contributed by atoms with Gasteiger partial charge in [-0.3, -0.25) is 0 Å². The van der Waals surface area contributed by atoms with Gasteiger partial charge in [0.2, 0.25) is 0 Å². The van der Waals surface area contributed by atoms with Gasteiger partial charge in [0.1, 0.15) is 11.5 Å². The number of hydrogen-bond acceptors (Lipinski definition) is 2. The Hall–Kier alpha value is -4.65. The highest BCUT2D eigenvalue weighted by atomic mass is 28.4. The smallest absolute Gasteiger partial charge is 0.314 e. The molecule has 0 spiro atoms. The zero-order valence-electron chi connectivity index (χ0n) is 24.3. The van der Waals surface area contributed by atoms with Crippen molar-refractivity contribution >= 4 is 37.4 Å². The molecule has 0 N–H and O–H groups in total. The second kappa shape index (κ2) is 13.6. The quantitative estimate of drug-likeness (QED) is 0.142. The average Bonchev–Trinajstić information content (AvgIpc) is 3.10. The summed E-state index contributed by atoms with van der Waals surface area (Å²) in [5, 5.41) is 5.11. The summed E-state index contributed by atoms with van der Waals surface area (Å²) >= 11 is 0. The summed E-state index contributed by atoms with van der Waals surface area (Å²) in [7, 11) is -5.43. The van der Waals surface area contributed by atoms with Crippen LogP contribution in [0.2, 0.25) is 12.1 Å². The highest BCUT2D eigenvalue weighted by Crippen LogP contribution is 2.26. The predicted molar refractivity (Wildman–Crippen MR) is 184 cm³/mol. The molecule has 6 aromatic carbocycles. The number of rotatable bonds is 12. The van der Waals surface area contributed by atoms with Gasteiger partial charge in [-0.15, -0.1) is 0 Å².